The van der Waals surface area contributed by atoms with E-state index in [1.807, 2.05) is 24.3 Å². The largest absolute Gasteiger partial charge is 0.322 e. The van der Waals surface area contributed by atoms with E-state index in [0.29, 0.717) is 5.95 Å². The van der Waals surface area contributed by atoms with Crippen molar-refractivity contribution in [3.63, 3.8) is 0 Å². The lowest BCUT2D eigenvalue weighted by Crippen LogP contribution is -2.25. The van der Waals surface area contributed by atoms with Crippen molar-refractivity contribution in [1.82, 2.24) is 9.97 Å². The maximum Gasteiger partial charge on any atom is 0.227 e. The number of nitrogens with one attached hydrogen (secondary N) is 1. The Morgan fingerprint density at radius 3 is 1.48 bits per heavy atom. The van der Waals surface area contributed by atoms with Crippen LogP contribution in [-0.2, 0) is 0 Å². The molecular formula is C25H20N3P. The van der Waals surface area contributed by atoms with Gasteiger partial charge in [0, 0.05) is 15.9 Å². The molecule has 0 fully saturated rings. The summed E-state index contributed by atoms with van der Waals surface area (Å²) in [6, 6.07) is 39.8. The molecule has 5 rings (SSSR count). The fourth-order valence-electron chi connectivity index (χ4n) is 3.68. The molecule has 0 unspecified atom stereocenters. The number of imidazole rings is 1. The molecule has 5 aromatic rings. The molecule has 0 saturated carbocycles. The van der Waals surface area contributed by atoms with Crippen molar-refractivity contribution in [1.29, 1.82) is 0 Å². The van der Waals surface area contributed by atoms with Crippen LogP contribution in [0.4, 0.5) is 5.95 Å². The zero-order valence-corrected chi connectivity index (χ0v) is 16.7. The van der Waals surface area contributed by atoms with Crippen LogP contribution in [0.15, 0.2) is 120 Å². The minimum atomic E-state index is -2.30. The van der Waals surface area contributed by atoms with E-state index >= 15 is 0 Å². The lowest BCUT2D eigenvalue weighted by Gasteiger charge is -2.26. The molecule has 0 bridgehead atoms. The average molecular weight is 393 g/mol. The molecule has 140 valence electrons. The van der Waals surface area contributed by atoms with E-state index in [2.05, 4.69) is 96.0 Å². The van der Waals surface area contributed by atoms with Gasteiger partial charge < -0.3 is 4.98 Å². The minimum Gasteiger partial charge on any atom is -0.322 e. The molecule has 0 radical (unpaired) electrons. The highest BCUT2D eigenvalue weighted by molar-refractivity contribution is 7.87. The predicted octanol–water partition coefficient (Wildman–Crippen LogP) is 5.37. The smallest absolute Gasteiger partial charge is 0.227 e. The van der Waals surface area contributed by atoms with Gasteiger partial charge in [-0.15, -0.1) is 0 Å². The summed E-state index contributed by atoms with van der Waals surface area (Å²) in [5.41, 5.74) is 1.93. The normalized spacial score (nSPS) is 11.4. The summed E-state index contributed by atoms with van der Waals surface area (Å²) in [6.07, 6.45) is 0. The molecule has 4 heteroatoms. The number of aromatic amines is 1. The van der Waals surface area contributed by atoms with Crippen LogP contribution in [0, 0.1) is 0 Å². The van der Waals surface area contributed by atoms with Crippen LogP contribution in [0.25, 0.3) is 11.0 Å². The first-order chi connectivity index (χ1) is 14.4. The summed E-state index contributed by atoms with van der Waals surface area (Å²) in [6.45, 7) is 0. The molecule has 29 heavy (non-hydrogen) atoms. The monoisotopic (exact) mass is 393 g/mol. The zero-order valence-electron chi connectivity index (χ0n) is 15.8. The summed E-state index contributed by atoms with van der Waals surface area (Å²) in [5, 5.41) is 3.62. The lowest BCUT2D eigenvalue weighted by atomic mass is 10.3. The second kappa shape index (κ2) is 7.54. The third kappa shape index (κ3) is 3.20. The van der Waals surface area contributed by atoms with E-state index in [4.69, 9.17) is 9.73 Å². The van der Waals surface area contributed by atoms with Gasteiger partial charge in [-0.2, -0.15) is 0 Å². The summed E-state index contributed by atoms with van der Waals surface area (Å²) in [4.78, 5) is 8.19. The first kappa shape index (κ1) is 17.7. The van der Waals surface area contributed by atoms with E-state index < -0.39 is 7.05 Å². The standard InChI is InChI=1S/C25H20N3P/c1-4-12-20(13-5-1)29(21-14-6-2-7-15-21,22-16-8-3-9-17-22)28-25-26-23-18-10-11-19-24(23)27-25/h1-19H,(H,26,27). The SMILES string of the molecule is c1ccc(P(=Nc2nc3ccccc3[nH]2)(c2ccccc2)c2ccccc2)cc1. The van der Waals surface area contributed by atoms with Gasteiger partial charge in [0.15, 0.2) is 0 Å². The molecule has 0 amide bonds. The lowest BCUT2D eigenvalue weighted by molar-refractivity contribution is 1.28. The van der Waals surface area contributed by atoms with E-state index in [0.717, 1.165) is 11.0 Å². The number of hydrogen-bond donors (Lipinski definition) is 1. The van der Waals surface area contributed by atoms with Crippen molar-refractivity contribution in [2.24, 2.45) is 4.74 Å². The van der Waals surface area contributed by atoms with Crippen LogP contribution in [0.3, 0.4) is 0 Å². The first-order valence-electron chi connectivity index (χ1n) is 9.60. The Bertz CT molecular complexity index is 1160. The van der Waals surface area contributed by atoms with Crippen LogP contribution in [0.2, 0.25) is 0 Å². The summed E-state index contributed by atoms with van der Waals surface area (Å²) >= 11 is 0. The van der Waals surface area contributed by atoms with Crippen LogP contribution >= 0.6 is 7.05 Å². The number of hydrogen-bond acceptors (Lipinski definition) is 2. The van der Waals surface area contributed by atoms with Crippen LogP contribution < -0.4 is 15.9 Å². The van der Waals surface area contributed by atoms with Gasteiger partial charge in [-0.1, -0.05) is 103 Å². The zero-order chi connectivity index (χ0) is 19.5. The number of rotatable bonds is 4. The molecule has 0 aliphatic rings. The molecule has 0 aliphatic carbocycles. The van der Waals surface area contributed by atoms with E-state index in [1.54, 1.807) is 0 Å². The topological polar surface area (TPSA) is 41.0 Å². The van der Waals surface area contributed by atoms with Gasteiger partial charge in [-0.25, -0.2) is 9.73 Å². The average Bonchev–Trinajstić information content (AvgIpc) is 3.22. The highest BCUT2D eigenvalue weighted by atomic mass is 31.2. The van der Waals surface area contributed by atoms with Crippen molar-refractivity contribution in [3.05, 3.63) is 115 Å². The Morgan fingerprint density at radius 1 is 0.552 bits per heavy atom. The number of H-pyrrole nitrogens is 1. The first-order valence-corrected chi connectivity index (χ1v) is 11.3. The summed E-state index contributed by atoms with van der Waals surface area (Å²) in [7, 11) is -2.30. The molecule has 0 spiro atoms. The molecule has 4 aromatic carbocycles. The third-order valence-electron chi connectivity index (χ3n) is 5.01. The highest BCUT2D eigenvalue weighted by Crippen LogP contribution is 2.48. The van der Waals surface area contributed by atoms with Crippen molar-refractivity contribution >= 4 is 39.9 Å². The molecule has 1 heterocycles. The highest BCUT2D eigenvalue weighted by Gasteiger charge is 2.27. The third-order valence-corrected chi connectivity index (χ3v) is 8.64. The number of fused-ring (bicyclic) bond motifs is 1. The molecular weight excluding hydrogens is 373 g/mol. The summed E-state index contributed by atoms with van der Waals surface area (Å²) in [5.74, 6) is 0.663. The van der Waals surface area contributed by atoms with Gasteiger partial charge >= 0.3 is 0 Å². The molecule has 0 atom stereocenters. The Balaban J connectivity index is 1.90. The van der Waals surface area contributed by atoms with Crippen LogP contribution in [0.5, 0.6) is 0 Å². The maximum absolute atomic E-state index is 5.38. The van der Waals surface area contributed by atoms with Gasteiger partial charge in [0.25, 0.3) is 0 Å². The Morgan fingerprint density at radius 2 is 1.00 bits per heavy atom. The van der Waals surface area contributed by atoms with Gasteiger partial charge in [-0.05, 0) is 12.1 Å². The Labute approximate surface area is 170 Å². The molecule has 1 aromatic heterocycles. The molecule has 3 nitrogen and oxygen atoms in total. The fourth-order valence-corrected chi connectivity index (χ4v) is 7.11. The van der Waals surface area contributed by atoms with Crippen molar-refractivity contribution in [3.8, 4) is 0 Å². The number of aromatic nitrogens is 2. The van der Waals surface area contributed by atoms with Crippen LogP contribution in [-0.4, -0.2) is 9.97 Å². The minimum absolute atomic E-state index is 0.663. The van der Waals surface area contributed by atoms with Crippen LogP contribution in [0.1, 0.15) is 0 Å². The van der Waals surface area contributed by atoms with Gasteiger partial charge in [0.1, 0.15) is 0 Å². The predicted molar refractivity (Wildman–Crippen MR) is 123 cm³/mol. The number of benzene rings is 4. The van der Waals surface area contributed by atoms with Gasteiger partial charge in [0.05, 0.1) is 18.1 Å². The summed E-state index contributed by atoms with van der Waals surface area (Å²) < 4.78 is 5.38. The number of para-hydroxylation sites is 2. The molecule has 0 aliphatic heterocycles. The Hall–Kier alpha value is -3.42. The van der Waals surface area contributed by atoms with Crippen molar-refractivity contribution in [2.75, 3.05) is 0 Å². The Kier molecular flexibility index (Phi) is 4.59. The second-order valence-corrected chi connectivity index (χ2v) is 9.84. The van der Waals surface area contributed by atoms with E-state index in [1.165, 1.54) is 15.9 Å². The maximum atomic E-state index is 5.38. The second-order valence-electron chi connectivity index (χ2n) is 6.82. The van der Waals surface area contributed by atoms with Gasteiger partial charge in [0.2, 0.25) is 5.95 Å². The van der Waals surface area contributed by atoms with Crippen molar-refractivity contribution in [2.45, 2.75) is 0 Å². The quantitative estimate of drug-likeness (QED) is 0.410. The molecule has 0 saturated heterocycles. The number of nitrogens with zero attached hydrogens (tertiary/aromatic N) is 2. The fraction of sp³-hybridized carbons (Fsp3) is 0. The van der Waals surface area contributed by atoms with Gasteiger partial charge in [-0.3, -0.25) is 0 Å². The van der Waals surface area contributed by atoms with E-state index in [-0.39, 0.29) is 0 Å². The van der Waals surface area contributed by atoms with Crippen molar-refractivity contribution < 1.29 is 0 Å². The van der Waals surface area contributed by atoms with E-state index in [9.17, 15) is 0 Å². The molecule has 1 N–H and O–H groups in total.